The zero-order valence-electron chi connectivity index (χ0n) is 12.5. The summed E-state index contributed by atoms with van der Waals surface area (Å²) in [6.07, 6.45) is 6.39. The van der Waals surface area contributed by atoms with Crippen LogP contribution in [0, 0.1) is 6.92 Å². The number of hydrogen-bond donors (Lipinski definition) is 2. The van der Waals surface area contributed by atoms with Crippen molar-refractivity contribution in [2.24, 2.45) is 10.7 Å². The monoisotopic (exact) mass is 278 g/mol. The van der Waals surface area contributed by atoms with Crippen molar-refractivity contribution in [1.82, 2.24) is 20.0 Å². The summed E-state index contributed by atoms with van der Waals surface area (Å²) in [5, 5.41) is 7.38. The fraction of sp³-hybridized carbons (Fsp3) is 0.714. The van der Waals surface area contributed by atoms with E-state index in [-0.39, 0.29) is 0 Å². The second kappa shape index (κ2) is 7.28. The number of aryl methyl sites for hydroxylation is 1. The standard InChI is InChI=1S/C14H26N6/c1-3-19-7-4-5-13(19)10-17-14(15)16-6-8-20-11-12(2)9-18-20/h9,11,13H,3-8,10H2,1-2H3,(H3,15,16,17). The number of nitrogens with one attached hydrogen (secondary N) is 1. The molecule has 0 spiro atoms. The molecule has 1 fully saturated rings. The van der Waals surface area contributed by atoms with Gasteiger partial charge in [0.25, 0.3) is 0 Å². The number of likely N-dealkylation sites (N-methyl/N-ethyl adjacent to an activating group) is 1. The first-order chi connectivity index (χ1) is 9.69. The lowest BCUT2D eigenvalue weighted by molar-refractivity contribution is 0.273. The number of nitrogens with zero attached hydrogens (tertiary/aromatic N) is 4. The molecule has 6 heteroatoms. The van der Waals surface area contributed by atoms with E-state index in [1.165, 1.54) is 24.9 Å². The molecule has 0 amide bonds. The molecule has 2 rings (SSSR count). The molecular formula is C14H26N6. The van der Waals surface area contributed by atoms with Crippen LogP contribution in [0.3, 0.4) is 0 Å². The average Bonchev–Trinajstić information content (AvgIpc) is 3.05. The first kappa shape index (κ1) is 14.8. The Morgan fingerprint density at radius 1 is 1.60 bits per heavy atom. The lowest BCUT2D eigenvalue weighted by Gasteiger charge is -2.20. The van der Waals surface area contributed by atoms with Gasteiger partial charge in [-0.3, -0.25) is 14.6 Å². The summed E-state index contributed by atoms with van der Waals surface area (Å²) in [5.41, 5.74) is 7.07. The van der Waals surface area contributed by atoms with Crippen LogP contribution >= 0.6 is 0 Å². The van der Waals surface area contributed by atoms with Crippen LogP contribution in [0.4, 0.5) is 0 Å². The molecule has 0 bridgehead atoms. The van der Waals surface area contributed by atoms with Crippen molar-refractivity contribution >= 4 is 5.96 Å². The zero-order chi connectivity index (χ0) is 14.4. The molecule has 1 aromatic heterocycles. The molecule has 1 aliphatic rings. The van der Waals surface area contributed by atoms with Gasteiger partial charge < -0.3 is 11.1 Å². The second-order valence-electron chi connectivity index (χ2n) is 5.36. The minimum Gasteiger partial charge on any atom is -0.370 e. The first-order valence-corrected chi connectivity index (χ1v) is 7.46. The van der Waals surface area contributed by atoms with E-state index in [1.807, 2.05) is 24.0 Å². The predicted molar refractivity (Wildman–Crippen MR) is 81.7 cm³/mol. The Hall–Kier alpha value is -1.56. The molecule has 2 heterocycles. The molecule has 1 saturated heterocycles. The quantitative estimate of drug-likeness (QED) is 0.590. The molecule has 6 nitrogen and oxygen atoms in total. The van der Waals surface area contributed by atoms with Gasteiger partial charge >= 0.3 is 0 Å². The zero-order valence-corrected chi connectivity index (χ0v) is 12.5. The number of rotatable bonds is 6. The third kappa shape index (κ3) is 4.23. The first-order valence-electron chi connectivity index (χ1n) is 7.46. The molecule has 0 saturated carbocycles. The van der Waals surface area contributed by atoms with E-state index in [0.29, 0.717) is 12.0 Å². The molecule has 112 valence electrons. The van der Waals surface area contributed by atoms with Crippen LogP contribution in [-0.2, 0) is 6.54 Å². The molecule has 1 atom stereocenters. The van der Waals surface area contributed by atoms with Gasteiger partial charge in [-0.2, -0.15) is 5.10 Å². The number of likely N-dealkylation sites (tertiary alicyclic amines) is 1. The van der Waals surface area contributed by atoms with Crippen molar-refractivity contribution in [3.63, 3.8) is 0 Å². The van der Waals surface area contributed by atoms with Gasteiger partial charge in [0.05, 0.1) is 19.3 Å². The minimum absolute atomic E-state index is 0.539. The van der Waals surface area contributed by atoms with Crippen LogP contribution in [0.1, 0.15) is 25.3 Å². The third-order valence-electron chi connectivity index (χ3n) is 3.79. The maximum Gasteiger partial charge on any atom is 0.188 e. The second-order valence-corrected chi connectivity index (χ2v) is 5.36. The Labute approximate surface area is 121 Å². The molecule has 0 radical (unpaired) electrons. The number of guanidine groups is 1. The van der Waals surface area contributed by atoms with Gasteiger partial charge in [0.1, 0.15) is 0 Å². The van der Waals surface area contributed by atoms with Crippen LogP contribution in [0.25, 0.3) is 0 Å². The Morgan fingerprint density at radius 3 is 3.15 bits per heavy atom. The van der Waals surface area contributed by atoms with Crippen LogP contribution < -0.4 is 11.1 Å². The lowest BCUT2D eigenvalue weighted by atomic mass is 10.2. The van der Waals surface area contributed by atoms with E-state index in [4.69, 9.17) is 5.73 Å². The number of aliphatic imine (C=N–C) groups is 1. The number of aromatic nitrogens is 2. The highest BCUT2D eigenvalue weighted by Crippen LogP contribution is 2.16. The molecule has 1 unspecified atom stereocenters. The average molecular weight is 278 g/mol. The van der Waals surface area contributed by atoms with Crippen LogP contribution in [0.5, 0.6) is 0 Å². The normalized spacial score (nSPS) is 20.5. The van der Waals surface area contributed by atoms with E-state index >= 15 is 0 Å². The SMILES string of the molecule is CCN1CCCC1CN=C(N)NCCn1cc(C)cn1. The van der Waals surface area contributed by atoms with Crippen molar-refractivity contribution in [3.8, 4) is 0 Å². The number of hydrogen-bond acceptors (Lipinski definition) is 3. The van der Waals surface area contributed by atoms with Gasteiger partial charge in [-0.05, 0) is 38.4 Å². The molecule has 20 heavy (non-hydrogen) atoms. The van der Waals surface area contributed by atoms with E-state index < -0.39 is 0 Å². The Kier molecular flexibility index (Phi) is 5.40. The molecule has 0 aliphatic carbocycles. The van der Waals surface area contributed by atoms with Crippen LogP contribution in [0.15, 0.2) is 17.4 Å². The van der Waals surface area contributed by atoms with Crippen LogP contribution in [-0.4, -0.2) is 52.9 Å². The van der Waals surface area contributed by atoms with Gasteiger partial charge in [-0.25, -0.2) is 0 Å². The highest BCUT2D eigenvalue weighted by atomic mass is 15.3. The van der Waals surface area contributed by atoms with Gasteiger partial charge in [-0.1, -0.05) is 6.92 Å². The summed E-state index contributed by atoms with van der Waals surface area (Å²) >= 11 is 0. The molecule has 1 aromatic rings. The summed E-state index contributed by atoms with van der Waals surface area (Å²) in [7, 11) is 0. The highest BCUT2D eigenvalue weighted by molar-refractivity contribution is 5.77. The minimum atomic E-state index is 0.539. The Morgan fingerprint density at radius 2 is 2.45 bits per heavy atom. The Balaban J connectivity index is 1.68. The summed E-state index contributed by atoms with van der Waals surface area (Å²) < 4.78 is 1.91. The van der Waals surface area contributed by atoms with E-state index in [1.54, 1.807) is 0 Å². The van der Waals surface area contributed by atoms with Crippen LogP contribution in [0.2, 0.25) is 0 Å². The van der Waals surface area contributed by atoms with E-state index in [2.05, 4.69) is 27.2 Å². The van der Waals surface area contributed by atoms with Gasteiger partial charge in [0, 0.05) is 18.8 Å². The van der Waals surface area contributed by atoms with Gasteiger partial charge in [0.2, 0.25) is 0 Å². The Bertz CT molecular complexity index is 439. The van der Waals surface area contributed by atoms with E-state index in [0.717, 1.165) is 26.2 Å². The van der Waals surface area contributed by atoms with Crippen molar-refractivity contribution < 1.29 is 0 Å². The predicted octanol–water partition coefficient (Wildman–Crippen LogP) is 0.580. The summed E-state index contributed by atoms with van der Waals surface area (Å²) in [5.74, 6) is 0.539. The fourth-order valence-electron chi connectivity index (χ4n) is 2.67. The number of nitrogens with two attached hydrogens (primary N) is 1. The van der Waals surface area contributed by atoms with Crippen molar-refractivity contribution in [3.05, 3.63) is 18.0 Å². The maximum absolute atomic E-state index is 5.90. The third-order valence-corrected chi connectivity index (χ3v) is 3.79. The summed E-state index contributed by atoms with van der Waals surface area (Å²) in [6.45, 7) is 8.89. The molecule has 1 aliphatic heterocycles. The van der Waals surface area contributed by atoms with Crippen molar-refractivity contribution in [2.45, 2.75) is 39.3 Å². The summed E-state index contributed by atoms with van der Waals surface area (Å²) in [6, 6.07) is 0.564. The molecule has 0 aromatic carbocycles. The summed E-state index contributed by atoms with van der Waals surface area (Å²) in [4.78, 5) is 6.93. The molecule has 3 N–H and O–H groups in total. The topological polar surface area (TPSA) is 71.5 Å². The smallest absolute Gasteiger partial charge is 0.188 e. The van der Waals surface area contributed by atoms with Gasteiger partial charge in [-0.15, -0.1) is 0 Å². The largest absolute Gasteiger partial charge is 0.370 e. The molecular weight excluding hydrogens is 252 g/mol. The van der Waals surface area contributed by atoms with E-state index in [9.17, 15) is 0 Å². The van der Waals surface area contributed by atoms with Crippen molar-refractivity contribution in [1.29, 1.82) is 0 Å². The van der Waals surface area contributed by atoms with Crippen molar-refractivity contribution in [2.75, 3.05) is 26.2 Å². The lowest BCUT2D eigenvalue weighted by Crippen LogP contribution is -2.37. The maximum atomic E-state index is 5.90. The van der Waals surface area contributed by atoms with Gasteiger partial charge in [0.15, 0.2) is 5.96 Å². The fourth-order valence-corrected chi connectivity index (χ4v) is 2.67. The highest BCUT2D eigenvalue weighted by Gasteiger charge is 2.22.